The van der Waals surface area contributed by atoms with Gasteiger partial charge in [0.1, 0.15) is 0 Å². The van der Waals surface area contributed by atoms with Gasteiger partial charge in [-0.15, -0.1) is 12.4 Å². The van der Waals surface area contributed by atoms with Crippen LogP contribution in [0.25, 0.3) is 0 Å². The third kappa shape index (κ3) is 7.49. The smallest absolute Gasteiger partial charge is 0.221 e. The molecule has 0 aliphatic carbocycles. The van der Waals surface area contributed by atoms with Crippen LogP contribution in [-0.2, 0) is 16.1 Å². The SMILES string of the molecule is CC(COCc1ccccc1)NC(=O)CC1CSCCN1.Cl. The van der Waals surface area contributed by atoms with Gasteiger partial charge >= 0.3 is 0 Å². The Morgan fingerprint density at radius 2 is 2.23 bits per heavy atom. The van der Waals surface area contributed by atoms with E-state index in [-0.39, 0.29) is 24.4 Å². The Balaban J connectivity index is 0.00000242. The van der Waals surface area contributed by atoms with E-state index in [1.807, 2.05) is 49.0 Å². The lowest BCUT2D eigenvalue weighted by Gasteiger charge is -2.23. The molecule has 6 heteroatoms. The van der Waals surface area contributed by atoms with Crippen LogP contribution in [-0.4, -0.2) is 42.6 Å². The lowest BCUT2D eigenvalue weighted by atomic mass is 10.2. The zero-order chi connectivity index (χ0) is 14.9. The highest BCUT2D eigenvalue weighted by Crippen LogP contribution is 2.10. The zero-order valence-electron chi connectivity index (χ0n) is 12.9. The summed E-state index contributed by atoms with van der Waals surface area (Å²) in [5.41, 5.74) is 1.15. The van der Waals surface area contributed by atoms with Crippen LogP contribution >= 0.6 is 24.2 Å². The molecule has 2 N–H and O–H groups in total. The van der Waals surface area contributed by atoms with Crippen LogP contribution in [0, 0.1) is 0 Å². The minimum Gasteiger partial charge on any atom is -0.375 e. The summed E-state index contributed by atoms with van der Waals surface area (Å²) in [5, 5.41) is 6.38. The summed E-state index contributed by atoms with van der Waals surface area (Å²) < 4.78 is 5.64. The fourth-order valence-electron chi connectivity index (χ4n) is 2.28. The van der Waals surface area contributed by atoms with Crippen LogP contribution in [0.3, 0.4) is 0 Å². The quantitative estimate of drug-likeness (QED) is 0.796. The highest BCUT2D eigenvalue weighted by molar-refractivity contribution is 7.99. The monoisotopic (exact) mass is 344 g/mol. The molecule has 0 spiro atoms. The number of halogens is 1. The number of carbonyl (C=O) groups is 1. The van der Waals surface area contributed by atoms with E-state index in [1.165, 1.54) is 0 Å². The molecule has 1 fully saturated rings. The summed E-state index contributed by atoms with van der Waals surface area (Å²) in [6.45, 7) is 4.10. The second-order valence-corrected chi connectivity index (χ2v) is 6.55. The van der Waals surface area contributed by atoms with Crippen molar-refractivity contribution in [2.45, 2.75) is 32.0 Å². The molecule has 0 saturated carbocycles. The lowest BCUT2D eigenvalue weighted by Crippen LogP contribution is -2.43. The first-order chi connectivity index (χ1) is 10.2. The second kappa shape index (κ2) is 10.9. The Hall–Kier alpha value is -0.750. The van der Waals surface area contributed by atoms with E-state index in [0.717, 1.165) is 23.6 Å². The van der Waals surface area contributed by atoms with Gasteiger partial charge in [-0.25, -0.2) is 0 Å². The summed E-state index contributed by atoms with van der Waals surface area (Å²) in [7, 11) is 0. The number of nitrogens with one attached hydrogen (secondary N) is 2. The number of ether oxygens (including phenoxy) is 1. The summed E-state index contributed by atoms with van der Waals surface area (Å²) in [5.74, 6) is 2.26. The van der Waals surface area contributed by atoms with E-state index < -0.39 is 0 Å². The fourth-order valence-corrected chi connectivity index (χ4v) is 3.23. The van der Waals surface area contributed by atoms with Gasteiger partial charge in [-0.1, -0.05) is 30.3 Å². The summed E-state index contributed by atoms with van der Waals surface area (Å²) in [6, 6.07) is 10.4. The highest BCUT2D eigenvalue weighted by Gasteiger charge is 2.17. The van der Waals surface area contributed by atoms with Gasteiger partial charge in [0.05, 0.1) is 13.2 Å². The predicted molar refractivity (Wildman–Crippen MR) is 94.7 cm³/mol. The molecule has 2 atom stereocenters. The average molecular weight is 345 g/mol. The van der Waals surface area contributed by atoms with Crippen molar-refractivity contribution in [3.05, 3.63) is 35.9 Å². The van der Waals surface area contributed by atoms with Gasteiger partial charge in [0.2, 0.25) is 5.91 Å². The molecule has 1 heterocycles. The average Bonchev–Trinajstić information content (AvgIpc) is 2.49. The standard InChI is InChI=1S/C16H24N2O2S.ClH/c1-13(10-20-11-14-5-3-2-4-6-14)18-16(19)9-15-12-21-8-7-17-15;/h2-6,13,15,17H,7-12H2,1H3,(H,18,19);1H. The molecule has 4 nitrogen and oxygen atoms in total. The molecule has 0 aromatic heterocycles. The molecule has 22 heavy (non-hydrogen) atoms. The first-order valence-corrected chi connectivity index (χ1v) is 8.61. The molecule has 0 bridgehead atoms. The molecule has 1 aromatic carbocycles. The molecule has 1 saturated heterocycles. The van der Waals surface area contributed by atoms with E-state index in [4.69, 9.17) is 4.74 Å². The molecule has 0 radical (unpaired) electrons. The number of hydrogen-bond donors (Lipinski definition) is 2. The van der Waals surface area contributed by atoms with Gasteiger partial charge in [0.15, 0.2) is 0 Å². The minimum atomic E-state index is 0. The van der Waals surface area contributed by atoms with Crippen molar-refractivity contribution in [3.63, 3.8) is 0 Å². The van der Waals surface area contributed by atoms with Crippen LogP contribution in [0.2, 0.25) is 0 Å². The van der Waals surface area contributed by atoms with Crippen LogP contribution in [0.15, 0.2) is 30.3 Å². The first kappa shape index (κ1) is 19.3. The van der Waals surface area contributed by atoms with Gasteiger partial charge in [-0.3, -0.25) is 4.79 Å². The summed E-state index contributed by atoms with van der Waals surface area (Å²) in [6.07, 6.45) is 0.552. The van der Waals surface area contributed by atoms with E-state index in [1.54, 1.807) is 0 Å². The third-order valence-electron chi connectivity index (χ3n) is 3.32. The van der Waals surface area contributed by atoms with Crippen LogP contribution < -0.4 is 10.6 Å². The molecular weight excluding hydrogens is 320 g/mol. The van der Waals surface area contributed by atoms with E-state index >= 15 is 0 Å². The third-order valence-corrected chi connectivity index (χ3v) is 4.45. The van der Waals surface area contributed by atoms with Gasteiger partial charge in [0, 0.05) is 36.6 Å². The molecule has 1 aromatic rings. The van der Waals surface area contributed by atoms with Crippen molar-refractivity contribution in [3.8, 4) is 0 Å². The molecule has 2 rings (SSSR count). The Bertz CT molecular complexity index is 427. The number of benzene rings is 1. The molecular formula is C16H25ClN2O2S. The summed E-state index contributed by atoms with van der Waals surface area (Å²) >= 11 is 1.91. The lowest BCUT2D eigenvalue weighted by molar-refractivity contribution is -0.122. The molecule has 1 amide bonds. The molecule has 1 aliphatic rings. The van der Waals surface area contributed by atoms with Crippen LogP contribution in [0.5, 0.6) is 0 Å². The first-order valence-electron chi connectivity index (χ1n) is 7.46. The number of hydrogen-bond acceptors (Lipinski definition) is 4. The fraction of sp³-hybridized carbons (Fsp3) is 0.562. The number of carbonyl (C=O) groups excluding carboxylic acids is 1. The molecule has 2 unspecified atom stereocenters. The Morgan fingerprint density at radius 1 is 1.45 bits per heavy atom. The Kier molecular flexibility index (Phi) is 9.55. The van der Waals surface area contributed by atoms with Crippen LogP contribution in [0.4, 0.5) is 0 Å². The Morgan fingerprint density at radius 3 is 2.91 bits per heavy atom. The number of rotatable bonds is 7. The maximum absolute atomic E-state index is 11.9. The second-order valence-electron chi connectivity index (χ2n) is 5.40. The van der Waals surface area contributed by atoms with E-state index in [2.05, 4.69) is 10.6 Å². The van der Waals surface area contributed by atoms with Crippen molar-refractivity contribution in [2.24, 2.45) is 0 Å². The Labute approximate surface area is 143 Å². The molecule has 1 aliphatic heterocycles. The van der Waals surface area contributed by atoms with Crippen molar-refractivity contribution in [1.82, 2.24) is 10.6 Å². The predicted octanol–water partition coefficient (Wildman–Crippen LogP) is 2.22. The topological polar surface area (TPSA) is 50.4 Å². The number of thioether (sulfide) groups is 1. The van der Waals surface area contributed by atoms with Crippen molar-refractivity contribution < 1.29 is 9.53 Å². The van der Waals surface area contributed by atoms with Gasteiger partial charge in [0.25, 0.3) is 0 Å². The van der Waals surface area contributed by atoms with Crippen molar-refractivity contribution in [2.75, 3.05) is 24.7 Å². The van der Waals surface area contributed by atoms with Gasteiger partial charge in [-0.05, 0) is 12.5 Å². The van der Waals surface area contributed by atoms with Crippen molar-refractivity contribution >= 4 is 30.1 Å². The summed E-state index contributed by atoms with van der Waals surface area (Å²) in [4.78, 5) is 11.9. The zero-order valence-corrected chi connectivity index (χ0v) is 14.6. The molecule has 124 valence electrons. The minimum absolute atomic E-state index is 0. The highest BCUT2D eigenvalue weighted by atomic mass is 35.5. The van der Waals surface area contributed by atoms with Crippen LogP contribution in [0.1, 0.15) is 18.9 Å². The van der Waals surface area contributed by atoms with Gasteiger partial charge in [-0.2, -0.15) is 11.8 Å². The van der Waals surface area contributed by atoms with E-state index in [0.29, 0.717) is 25.7 Å². The maximum Gasteiger partial charge on any atom is 0.221 e. The largest absolute Gasteiger partial charge is 0.375 e. The van der Waals surface area contributed by atoms with Gasteiger partial charge < -0.3 is 15.4 Å². The maximum atomic E-state index is 11.9. The van der Waals surface area contributed by atoms with E-state index in [9.17, 15) is 4.79 Å². The normalized spacial score (nSPS) is 19.0. The van der Waals surface area contributed by atoms with Crippen molar-refractivity contribution in [1.29, 1.82) is 0 Å². The number of amides is 1.